The van der Waals surface area contributed by atoms with E-state index >= 15 is 0 Å². The maximum absolute atomic E-state index is 12.0. The van der Waals surface area contributed by atoms with Gasteiger partial charge in [0.2, 0.25) is 0 Å². The Morgan fingerprint density at radius 3 is 2.55 bits per heavy atom. The first-order valence-electron chi connectivity index (χ1n) is 3.45. The summed E-state index contributed by atoms with van der Waals surface area (Å²) < 4.78 is 36.0. The summed E-state index contributed by atoms with van der Waals surface area (Å²) in [5.74, 6) is 1.15. The fraction of sp³-hybridized carbons (Fsp3) is 0.571. The normalized spacial score (nSPS) is 24.4. The zero-order valence-electron chi connectivity index (χ0n) is 6.15. The summed E-state index contributed by atoms with van der Waals surface area (Å²) in [7, 11) is 0. The van der Waals surface area contributed by atoms with Gasteiger partial charge in [-0.15, -0.1) is 0 Å². The minimum absolute atomic E-state index is 0.0108. The Kier molecular flexibility index (Phi) is 2.21. The Morgan fingerprint density at radius 2 is 2.18 bits per heavy atom. The fourth-order valence-corrected chi connectivity index (χ4v) is 1.03. The molecule has 0 aromatic carbocycles. The summed E-state index contributed by atoms with van der Waals surface area (Å²) in [6, 6.07) is 0. The van der Waals surface area contributed by atoms with Gasteiger partial charge < -0.3 is 0 Å². The van der Waals surface area contributed by atoms with Crippen molar-refractivity contribution in [1.29, 1.82) is 0 Å². The maximum atomic E-state index is 12.0. The first-order chi connectivity index (χ1) is 5.00. The van der Waals surface area contributed by atoms with Crippen LogP contribution >= 0.6 is 0 Å². The van der Waals surface area contributed by atoms with Crippen LogP contribution in [0.3, 0.4) is 0 Å². The van der Waals surface area contributed by atoms with Gasteiger partial charge in [-0.3, -0.25) is 0 Å². The molecule has 0 saturated heterocycles. The SMILES string of the molecule is CC1C=C(C(F)(F)F)C=BC1. The number of hydrogen-bond acceptors (Lipinski definition) is 0. The monoisotopic (exact) mass is 160 g/mol. The Labute approximate surface area is 64.0 Å². The van der Waals surface area contributed by atoms with Gasteiger partial charge >= 0.3 is 63.0 Å². The predicted octanol–water partition coefficient (Wildman–Crippen LogP) is 2.05. The zero-order chi connectivity index (χ0) is 8.48. The van der Waals surface area contributed by atoms with Crippen LogP contribution in [-0.2, 0) is 0 Å². The third-order valence-electron chi connectivity index (χ3n) is 1.60. The average Bonchev–Trinajstić information content (AvgIpc) is 1.86. The molecule has 0 N–H and O–H groups in total. The molecule has 4 heteroatoms. The van der Waals surface area contributed by atoms with Crippen molar-refractivity contribution < 1.29 is 13.2 Å². The number of halogens is 3. The standard InChI is InChI=1S/C7H8BF3/c1-5-2-6(4-8-3-5)7(9,10)11/h2,4-5H,3H2,1H3. The van der Waals surface area contributed by atoms with E-state index in [1.165, 1.54) is 6.08 Å². The molecule has 1 atom stereocenters. The van der Waals surface area contributed by atoms with Crippen molar-refractivity contribution >= 4 is 12.9 Å². The molecule has 0 aromatic rings. The minimum atomic E-state index is -4.18. The van der Waals surface area contributed by atoms with Gasteiger partial charge in [-0.25, -0.2) is 0 Å². The number of rotatable bonds is 0. The van der Waals surface area contributed by atoms with Crippen molar-refractivity contribution in [2.45, 2.75) is 19.4 Å². The summed E-state index contributed by atoms with van der Waals surface area (Å²) in [6.45, 7) is 3.34. The molecule has 1 unspecified atom stereocenters. The summed E-state index contributed by atoms with van der Waals surface area (Å²) in [6.07, 6.45) is -2.20. The van der Waals surface area contributed by atoms with Crippen LogP contribution in [0.1, 0.15) is 6.92 Å². The van der Waals surface area contributed by atoms with E-state index in [2.05, 4.69) is 0 Å². The van der Waals surface area contributed by atoms with Crippen LogP contribution in [-0.4, -0.2) is 19.1 Å². The fourth-order valence-electron chi connectivity index (χ4n) is 1.03. The Balaban J connectivity index is 2.80. The Bertz CT molecular complexity index is 202. The van der Waals surface area contributed by atoms with E-state index in [0.29, 0.717) is 6.32 Å². The quantitative estimate of drug-likeness (QED) is 0.475. The van der Waals surface area contributed by atoms with Crippen LogP contribution in [0.15, 0.2) is 11.6 Å². The molecule has 1 rings (SSSR count). The van der Waals surface area contributed by atoms with Crippen LogP contribution in [0.25, 0.3) is 0 Å². The molecule has 0 aliphatic carbocycles. The molecule has 11 heavy (non-hydrogen) atoms. The second kappa shape index (κ2) is 2.84. The van der Waals surface area contributed by atoms with Crippen LogP contribution in [0.2, 0.25) is 6.32 Å². The molecule has 1 aliphatic heterocycles. The molecule has 0 radical (unpaired) electrons. The third-order valence-corrected chi connectivity index (χ3v) is 1.60. The first kappa shape index (κ1) is 8.56. The van der Waals surface area contributed by atoms with Crippen molar-refractivity contribution in [3.63, 3.8) is 0 Å². The molecule has 0 nitrogen and oxygen atoms in total. The molecular weight excluding hydrogens is 152 g/mol. The van der Waals surface area contributed by atoms with Gasteiger partial charge in [0.1, 0.15) is 0 Å². The molecular formula is C7H8BF3. The van der Waals surface area contributed by atoms with E-state index in [0.717, 1.165) is 5.97 Å². The molecule has 0 amide bonds. The molecule has 0 saturated carbocycles. The number of hydrogen-bond donors (Lipinski definition) is 0. The molecule has 0 aromatic heterocycles. The van der Waals surface area contributed by atoms with E-state index in [4.69, 9.17) is 0 Å². The van der Waals surface area contributed by atoms with E-state index in [1.807, 2.05) is 0 Å². The van der Waals surface area contributed by atoms with Gasteiger partial charge in [0.25, 0.3) is 0 Å². The summed E-state index contributed by atoms with van der Waals surface area (Å²) in [5.41, 5.74) is -0.517. The van der Waals surface area contributed by atoms with Gasteiger partial charge in [-0.1, -0.05) is 0 Å². The molecule has 60 valence electrons. The second-order valence-corrected chi connectivity index (χ2v) is 2.74. The van der Waals surface area contributed by atoms with E-state index in [9.17, 15) is 13.2 Å². The average molecular weight is 160 g/mol. The molecule has 0 fully saturated rings. The molecule has 1 heterocycles. The first-order valence-corrected chi connectivity index (χ1v) is 3.45. The van der Waals surface area contributed by atoms with E-state index < -0.39 is 11.7 Å². The van der Waals surface area contributed by atoms with Crippen molar-refractivity contribution in [2.24, 2.45) is 5.92 Å². The summed E-state index contributed by atoms with van der Waals surface area (Å²) >= 11 is 0. The van der Waals surface area contributed by atoms with Gasteiger partial charge in [0.05, 0.1) is 0 Å². The van der Waals surface area contributed by atoms with Gasteiger partial charge in [-0.05, 0) is 0 Å². The number of alkyl halides is 3. The third kappa shape index (κ3) is 2.21. The second-order valence-electron chi connectivity index (χ2n) is 2.74. The topological polar surface area (TPSA) is 0 Å². The van der Waals surface area contributed by atoms with Crippen LogP contribution in [0.5, 0.6) is 0 Å². The van der Waals surface area contributed by atoms with Crippen LogP contribution < -0.4 is 0 Å². The Morgan fingerprint density at radius 1 is 1.55 bits per heavy atom. The van der Waals surface area contributed by atoms with Crippen molar-refractivity contribution in [3.8, 4) is 0 Å². The Hall–Kier alpha value is -0.535. The summed E-state index contributed by atoms with van der Waals surface area (Å²) in [5, 5.41) is 0. The van der Waals surface area contributed by atoms with Crippen LogP contribution in [0.4, 0.5) is 13.2 Å². The molecule has 0 spiro atoms. The summed E-state index contributed by atoms with van der Waals surface area (Å²) in [4.78, 5) is 0. The van der Waals surface area contributed by atoms with E-state index in [-0.39, 0.29) is 5.92 Å². The van der Waals surface area contributed by atoms with Gasteiger partial charge in [0, 0.05) is 0 Å². The molecule has 0 bridgehead atoms. The van der Waals surface area contributed by atoms with Gasteiger partial charge in [0.15, 0.2) is 0 Å². The van der Waals surface area contributed by atoms with Crippen molar-refractivity contribution in [3.05, 3.63) is 11.6 Å². The molecule has 1 aliphatic rings. The predicted molar refractivity (Wildman–Crippen MR) is 39.9 cm³/mol. The van der Waals surface area contributed by atoms with Crippen LogP contribution in [0, 0.1) is 5.92 Å². The van der Waals surface area contributed by atoms with E-state index in [1.54, 1.807) is 13.8 Å². The van der Waals surface area contributed by atoms with Crippen molar-refractivity contribution in [2.75, 3.05) is 0 Å². The number of allylic oxidation sites excluding steroid dienone is 2. The van der Waals surface area contributed by atoms with Crippen molar-refractivity contribution in [1.82, 2.24) is 0 Å². The zero-order valence-corrected chi connectivity index (χ0v) is 6.15. The van der Waals surface area contributed by atoms with Gasteiger partial charge in [-0.2, -0.15) is 0 Å².